The van der Waals surface area contributed by atoms with Gasteiger partial charge in [-0.2, -0.15) is 0 Å². The maximum atomic E-state index is 13.6. The monoisotopic (exact) mass is 492 g/mol. The van der Waals surface area contributed by atoms with Crippen LogP contribution < -0.4 is 10.3 Å². The summed E-state index contributed by atoms with van der Waals surface area (Å²) in [6.07, 6.45) is 1.47. The molecule has 5 rings (SSSR count). The number of rotatable bonds is 5. The van der Waals surface area contributed by atoms with Gasteiger partial charge in [0, 0.05) is 5.02 Å². The molecular weight excluding hydrogens is 476 g/mol. The number of fused-ring (bicyclic) bond motifs is 2. The van der Waals surface area contributed by atoms with Crippen molar-refractivity contribution in [1.29, 1.82) is 0 Å². The van der Waals surface area contributed by atoms with Crippen LogP contribution in [0.1, 0.15) is 43.1 Å². The molecule has 1 amide bonds. The molecule has 0 spiro atoms. The molecule has 0 bridgehead atoms. The lowest BCUT2D eigenvalue weighted by Crippen LogP contribution is -2.29. The molecule has 0 saturated heterocycles. The standard InChI is InChI=1S/C25H17ClN2O5S/c1-3-11-32-24(31)22-13(2)27-25(34-22)28-19(14-7-6-8-15(26)12-14)18-20(29)16-9-4-5-10-17(16)33-21(18)23(28)30/h3-10,12,19H,1,11H2,2H3/t19-/m0/s1. The number of nitrogens with zero attached hydrogens (tertiary/aromatic N) is 2. The van der Waals surface area contributed by atoms with Gasteiger partial charge in [-0.3, -0.25) is 14.5 Å². The Kier molecular flexibility index (Phi) is 5.55. The number of halogens is 1. The smallest absolute Gasteiger partial charge is 0.350 e. The second-order valence-corrected chi connectivity index (χ2v) is 9.01. The van der Waals surface area contributed by atoms with Crippen molar-refractivity contribution in [1.82, 2.24) is 4.98 Å². The summed E-state index contributed by atoms with van der Waals surface area (Å²) in [4.78, 5) is 45.7. The Morgan fingerprint density at radius 3 is 2.82 bits per heavy atom. The maximum Gasteiger partial charge on any atom is 0.350 e. The van der Waals surface area contributed by atoms with E-state index in [1.807, 2.05) is 0 Å². The van der Waals surface area contributed by atoms with Crippen LogP contribution in [0.3, 0.4) is 0 Å². The number of carbonyl (C=O) groups is 2. The van der Waals surface area contributed by atoms with Crippen LogP contribution in [-0.4, -0.2) is 23.5 Å². The van der Waals surface area contributed by atoms with Crippen molar-refractivity contribution >= 4 is 50.9 Å². The summed E-state index contributed by atoms with van der Waals surface area (Å²) in [7, 11) is 0. The van der Waals surface area contributed by atoms with Crippen molar-refractivity contribution in [2.24, 2.45) is 0 Å². The number of thiazole rings is 1. The first-order chi connectivity index (χ1) is 16.4. The van der Waals surface area contributed by atoms with Gasteiger partial charge in [0.2, 0.25) is 5.76 Å². The predicted molar refractivity (Wildman–Crippen MR) is 130 cm³/mol. The highest BCUT2D eigenvalue weighted by Gasteiger charge is 2.45. The molecule has 1 aliphatic rings. The average Bonchev–Trinajstić information content (AvgIpc) is 3.35. The molecule has 3 heterocycles. The van der Waals surface area contributed by atoms with Crippen LogP contribution in [-0.2, 0) is 4.74 Å². The molecule has 2 aromatic carbocycles. The third-order valence-corrected chi connectivity index (χ3v) is 6.82. The molecule has 0 unspecified atom stereocenters. The molecule has 0 fully saturated rings. The Balaban J connectivity index is 1.72. The fourth-order valence-electron chi connectivity index (χ4n) is 3.98. The fourth-order valence-corrected chi connectivity index (χ4v) is 5.17. The molecule has 2 aromatic heterocycles. The van der Waals surface area contributed by atoms with E-state index in [9.17, 15) is 14.4 Å². The first kappa shape index (κ1) is 22.1. The van der Waals surface area contributed by atoms with E-state index in [4.69, 9.17) is 20.8 Å². The molecule has 0 radical (unpaired) electrons. The van der Waals surface area contributed by atoms with Crippen molar-refractivity contribution in [2.75, 3.05) is 11.5 Å². The number of anilines is 1. The van der Waals surface area contributed by atoms with E-state index >= 15 is 0 Å². The summed E-state index contributed by atoms with van der Waals surface area (Å²) >= 11 is 7.26. The largest absolute Gasteiger partial charge is 0.457 e. The number of benzene rings is 2. The number of aryl methyl sites for hydroxylation is 1. The van der Waals surface area contributed by atoms with Crippen LogP contribution >= 0.6 is 22.9 Å². The molecule has 0 aliphatic carbocycles. The number of para-hydroxylation sites is 1. The first-order valence-electron chi connectivity index (χ1n) is 10.3. The quantitative estimate of drug-likeness (QED) is 0.277. The van der Waals surface area contributed by atoms with Crippen LogP contribution in [0.25, 0.3) is 11.0 Å². The second kappa shape index (κ2) is 8.55. The lowest BCUT2D eigenvalue weighted by atomic mass is 9.99. The molecule has 7 nitrogen and oxygen atoms in total. The highest BCUT2D eigenvalue weighted by Crippen LogP contribution is 2.43. The summed E-state index contributed by atoms with van der Waals surface area (Å²) in [5.41, 5.74) is 1.24. The predicted octanol–water partition coefficient (Wildman–Crippen LogP) is 5.30. The lowest BCUT2D eigenvalue weighted by Gasteiger charge is -2.22. The van der Waals surface area contributed by atoms with Crippen molar-refractivity contribution in [3.8, 4) is 0 Å². The molecule has 9 heteroatoms. The van der Waals surface area contributed by atoms with Crippen LogP contribution in [0.4, 0.5) is 5.13 Å². The zero-order valence-electron chi connectivity index (χ0n) is 17.9. The highest BCUT2D eigenvalue weighted by atomic mass is 35.5. The summed E-state index contributed by atoms with van der Waals surface area (Å²) in [6, 6.07) is 12.9. The summed E-state index contributed by atoms with van der Waals surface area (Å²) in [5.74, 6) is -1.15. The number of ether oxygens (including phenoxy) is 1. The Morgan fingerprint density at radius 2 is 2.06 bits per heavy atom. The summed E-state index contributed by atoms with van der Waals surface area (Å²) in [5, 5.41) is 1.06. The number of hydrogen-bond acceptors (Lipinski definition) is 7. The minimum atomic E-state index is -0.829. The van der Waals surface area contributed by atoms with Gasteiger partial charge < -0.3 is 9.15 Å². The van der Waals surface area contributed by atoms with Crippen molar-refractivity contribution in [3.05, 3.63) is 104 Å². The second-order valence-electron chi connectivity index (χ2n) is 7.60. The fraction of sp³-hybridized carbons (Fsp3) is 0.120. The Labute approximate surface area is 202 Å². The molecule has 0 saturated carbocycles. The van der Waals surface area contributed by atoms with Gasteiger partial charge in [-0.25, -0.2) is 9.78 Å². The maximum absolute atomic E-state index is 13.6. The Bertz CT molecular complexity index is 1540. The van der Waals surface area contributed by atoms with Crippen LogP contribution in [0.15, 0.2) is 70.4 Å². The van der Waals surface area contributed by atoms with E-state index in [0.29, 0.717) is 27.2 Å². The van der Waals surface area contributed by atoms with Gasteiger partial charge >= 0.3 is 5.97 Å². The van der Waals surface area contributed by atoms with Crippen molar-refractivity contribution in [2.45, 2.75) is 13.0 Å². The number of carbonyl (C=O) groups excluding carboxylic acids is 2. The average molecular weight is 493 g/mol. The molecule has 1 aliphatic heterocycles. The molecule has 1 atom stereocenters. The van der Waals surface area contributed by atoms with E-state index < -0.39 is 17.9 Å². The highest BCUT2D eigenvalue weighted by molar-refractivity contribution is 7.17. The number of aromatic nitrogens is 1. The zero-order chi connectivity index (χ0) is 24.0. The topological polar surface area (TPSA) is 89.7 Å². The molecule has 0 N–H and O–H groups in total. The number of esters is 1. The van der Waals surface area contributed by atoms with Crippen LogP contribution in [0.2, 0.25) is 5.02 Å². The molecule has 4 aromatic rings. The van der Waals surface area contributed by atoms with Gasteiger partial charge in [0.05, 0.1) is 22.7 Å². The number of hydrogen-bond donors (Lipinski definition) is 0. The number of amides is 1. The molecule has 170 valence electrons. The molecular formula is C25H17ClN2O5S. The van der Waals surface area contributed by atoms with E-state index in [-0.39, 0.29) is 33.4 Å². The summed E-state index contributed by atoms with van der Waals surface area (Å²) < 4.78 is 11.1. The SMILES string of the molecule is C=CCOC(=O)c1sc(N2C(=O)c3oc4ccccc4c(=O)c3[C@@H]2c2cccc(Cl)c2)nc1C. The zero-order valence-corrected chi connectivity index (χ0v) is 19.5. The van der Waals surface area contributed by atoms with Gasteiger partial charge in [0.15, 0.2) is 10.6 Å². The van der Waals surface area contributed by atoms with E-state index in [2.05, 4.69) is 11.6 Å². The summed E-state index contributed by atoms with van der Waals surface area (Å²) in [6.45, 7) is 5.25. The third kappa shape index (κ3) is 3.52. The van der Waals surface area contributed by atoms with Gasteiger partial charge in [0.1, 0.15) is 17.1 Å². The van der Waals surface area contributed by atoms with E-state index in [1.54, 1.807) is 55.5 Å². The Morgan fingerprint density at radius 1 is 1.26 bits per heavy atom. The lowest BCUT2D eigenvalue weighted by molar-refractivity contribution is 0.0554. The normalized spacial score (nSPS) is 14.9. The van der Waals surface area contributed by atoms with Crippen molar-refractivity contribution < 1.29 is 18.7 Å². The minimum Gasteiger partial charge on any atom is -0.457 e. The van der Waals surface area contributed by atoms with Gasteiger partial charge in [-0.1, -0.05) is 59.9 Å². The Hall–Kier alpha value is -3.75. The third-order valence-electron chi connectivity index (χ3n) is 5.45. The van der Waals surface area contributed by atoms with E-state index in [1.165, 1.54) is 11.0 Å². The van der Waals surface area contributed by atoms with Crippen LogP contribution in [0.5, 0.6) is 0 Å². The van der Waals surface area contributed by atoms with Gasteiger partial charge in [0.25, 0.3) is 5.91 Å². The van der Waals surface area contributed by atoms with Crippen molar-refractivity contribution in [3.63, 3.8) is 0 Å². The van der Waals surface area contributed by atoms with E-state index in [0.717, 1.165) is 11.3 Å². The molecule has 34 heavy (non-hydrogen) atoms. The first-order valence-corrected chi connectivity index (χ1v) is 11.5. The van der Waals surface area contributed by atoms with Gasteiger partial charge in [-0.05, 0) is 36.8 Å². The van der Waals surface area contributed by atoms with Crippen LogP contribution in [0, 0.1) is 6.92 Å². The minimum absolute atomic E-state index is 0.0513. The van der Waals surface area contributed by atoms with Gasteiger partial charge in [-0.15, -0.1) is 0 Å².